The predicted molar refractivity (Wildman–Crippen MR) is 54.1 cm³/mol. The first-order valence-electron chi connectivity index (χ1n) is 4.62. The fraction of sp³-hybridized carbons (Fsp3) is 0.333. The van der Waals surface area contributed by atoms with Crippen LogP contribution >= 0.6 is 11.6 Å². The first-order chi connectivity index (χ1) is 8.82. The Bertz CT molecular complexity index is 527. The number of aliphatic hydroxyl groups is 1. The summed E-state index contributed by atoms with van der Waals surface area (Å²) in [4.78, 5) is 9.07. The Labute approximate surface area is 111 Å². The first kappa shape index (κ1) is 16.5. The van der Waals surface area contributed by atoms with Crippen LogP contribution < -0.4 is 0 Å². The largest absolute Gasteiger partial charge is 0.430 e. The lowest BCUT2D eigenvalue weighted by Gasteiger charge is -2.32. The fourth-order valence-electron chi connectivity index (χ4n) is 1.42. The molecule has 0 saturated heterocycles. The number of halogens is 7. The molecule has 20 heavy (non-hydrogen) atoms. The summed E-state index contributed by atoms with van der Waals surface area (Å²) in [6, 6.07) is 1.14. The quantitative estimate of drug-likeness (QED) is 0.514. The van der Waals surface area contributed by atoms with Gasteiger partial charge in [0, 0.05) is 11.1 Å². The second-order valence-corrected chi connectivity index (χ2v) is 4.06. The molecule has 0 aliphatic heterocycles. The Balaban J connectivity index is 3.76. The van der Waals surface area contributed by atoms with Crippen molar-refractivity contribution in [2.24, 2.45) is 0 Å². The molecule has 0 aliphatic rings. The van der Waals surface area contributed by atoms with Gasteiger partial charge < -0.3 is 5.11 Å². The van der Waals surface area contributed by atoms with Gasteiger partial charge in [-0.1, -0.05) is 11.6 Å². The van der Waals surface area contributed by atoms with Gasteiger partial charge in [-0.05, 0) is 12.1 Å². The zero-order valence-corrected chi connectivity index (χ0v) is 9.84. The number of hydrogen-bond acceptors (Lipinski definition) is 3. The van der Waals surface area contributed by atoms with Crippen LogP contribution in [0.3, 0.4) is 0 Å². The molecule has 4 nitrogen and oxygen atoms in total. The van der Waals surface area contributed by atoms with Crippen molar-refractivity contribution in [1.29, 1.82) is 0 Å². The zero-order chi connectivity index (χ0) is 15.9. The Morgan fingerprint density at radius 2 is 1.55 bits per heavy atom. The Kier molecular flexibility index (Phi) is 3.94. The molecule has 0 aliphatic carbocycles. The molecular weight excluding hydrogens is 320 g/mol. The van der Waals surface area contributed by atoms with Crippen molar-refractivity contribution < 1.29 is 36.4 Å². The lowest BCUT2D eigenvalue weighted by Crippen LogP contribution is -2.54. The summed E-state index contributed by atoms with van der Waals surface area (Å²) in [5.41, 5.74) is -8.94. The number of rotatable bonds is 2. The normalized spacial score (nSPS) is 13.4. The van der Waals surface area contributed by atoms with Gasteiger partial charge in [-0.3, -0.25) is 10.1 Å². The van der Waals surface area contributed by atoms with Crippen molar-refractivity contribution in [3.63, 3.8) is 0 Å². The van der Waals surface area contributed by atoms with Crippen LogP contribution in [0.5, 0.6) is 0 Å². The minimum absolute atomic E-state index is 0.0562. The number of hydrogen-bond donors (Lipinski definition) is 1. The number of nitro benzene ring substituents is 1. The van der Waals surface area contributed by atoms with E-state index in [-0.39, 0.29) is 6.07 Å². The van der Waals surface area contributed by atoms with Crippen molar-refractivity contribution >= 4 is 17.3 Å². The van der Waals surface area contributed by atoms with E-state index in [0.29, 0.717) is 6.07 Å². The van der Waals surface area contributed by atoms with E-state index >= 15 is 0 Å². The van der Waals surface area contributed by atoms with Crippen LogP contribution in [0.2, 0.25) is 5.02 Å². The van der Waals surface area contributed by atoms with E-state index in [9.17, 15) is 36.5 Å². The molecule has 0 heterocycles. The molecule has 112 valence electrons. The molecule has 0 unspecified atom stereocenters. The Morgan fingerprint density at radius 1 is 1.10 bits per heavy atom. The molecular formula is C9H4ClF6NO3. The molecule has 1 aromatic carbocycles. The highest BCUT2D eigenvalue weighted by atomic mass is 35.5. The highest BCUT2D eigenvalue weighted by Gasteiger charge is 2.73. The fourth-order valence-corrected chi connectivity index (χ4v) is 1.60. The van der Waals surface area contributed by atoms with Gasteiger partial charge >= 0.3 is 12.4 Å². The maximum absolute atomic E-state index is 12.6. The van der Waals surface area contributed by atoms with Gasteiger partial charge in [0.25, 0.3) is 11.3 Å². The molecule has 1 rings (SSSR count). The van der Waals surface area contributed by atoms with E-state index in [2.05, 4.69) is 0 Å². The minimum Gasteiger partial charge on any atom is -0.369 e. The first-order valence-corrected chi connectivity index (χ1v) is 5.00. The average molecular weight is 324 g/mol. The predicted octanol–water partition coefficient (Wildman–Crippen LogP) is 3.56. The van der Waals surface area contributed by atoms with Gasteiger partial charge in [0.15, 0.2) is 0 Å². The molecule has 0 fully saturated rings. The average Bonchev–Trinajstić information content (AvgIpc) is 2.24. The van der Waals surface area contributed by atoms with Crippen LogP contribution in [0.15, 0.2) is 18.2 Å². The van der Waals surface area contributed by atoms with Gasteiger partial charge in [-0.2, -0.15) is 26.3 Å². The highest BCUT2D eigenvalue weighted by molar-refractivity contribution is 6.30. The van der Waals surface area contributed by atoms with Crippen molar-refractivity contribution in [3.05, 3.63) is 38.9 Å². The minimum atomic E-state index is -6.22. The summed E-state index contributed by atoms with van der Waals surface area (Å²) in [6.45, 7) is 0. The SMILES string of the molecule is O=[N+]([O-])c1ccc(Cl)cc1C(O)(C(F)(F)F)C(F)(F)F. The van der Waals surface area contributed by atoms with Crippen LogP contribution in [0.4, 0.5) is 32.0 Å². The Hall–Kier alpha value is -1.55. The zero-order valence-electron chi connectivity index (χ0n) is 9.09. The lowest BCUT2D eigenvalue weighted by atomic mass is 9.91. The topological polar surface area (TPSA) is 63.4 Å². The summed E-state index contributed by atoms with van der Waals surface area (Å²) in [6.07, 6.45) is -12.4. The van der Waals surface area contributed by atoms with Crippen LogP contribution in [0, 0.1) is 10.1 Å². The van der Waals surface area contributed by atoms with Gasteiger partial charge in [-0.15, -0.1) is 0 Å². The van der Waals surface area contributed by atoms with Crippen LogP contribution in [0.1, 0.15) is 5.56 Å². The molecule has 1 aromatic rings. The summed E-state index contributed by atoms with van der Waals surface area (Å²) < 4.78 is 75.8. The van der Waals surface area contributed by atoms with Gasteiger partial charge in [0.05, 0.1) is 10.5 Å². The second-order valence-electron chi connectivity index (χ2n) is 3.62. The molecule has 0 spiro atoms. The molecule has 0 atom stereocenters. The van der Waals surface area contributed by atoms with Crippen molar-refractivity contribution in [2.75, 3.05) is 0 Å². The second kappa shape index (κ2) is 4.77. The molecule has 0 radical (unpaired) electrons. The third-order valence-electron chi connectivity index (χ3n) is 2.37. The third-order valence-corrected chi connectivity index (χ3v) is 2.60. The molecule has 0 saturated carbocycles. The lowest BCUT2D eigenvalue weighted by molar-refractivity contribution is -0.401. The smallest absolute Gasteiger partial charge is 0.369 e. The highest BCUT2D eigenvalue weighted by Crippen LogP contribution is 2.52. The van der Waals surface area contributed by atoms with Crippen molar-refractivity contribution in [3.8, 4) is 0 Å². The van der Waals surface area contributed by atoms with Crippen LogP contribution in [0.25, 0.3) is 0 Å². The van der Waals surface area contributed by atoms with Gasteiger partial charge in [0.2, 0.25) is 0 Å². The maximum atomic E-state index is 12.6. The third kappa shape index (κ3) is 2.52. The summed E-state index contributed by atoms with van der Waals surface area (Å²) in [7, 11) is 0. The monoisotopic (exact) mass is 323 g/mol. The molecule has 0 bridgehead atoms. The van der Waals surface area contributed by atoms with E-state index in [4.69, 9.17) is 16.7 Å². The van der Waals surface area contributed by atoms with E-state index in [1.807, 2.05) is 0 Å². The molecule has 0 aromatic heterocycles. The molecule has 11 heteroatoms. The van der Waals surface area contributed by atoms with Crippen molar-refractivity contribution in [2.45, 2.75) is 18.0 Å². The number of benzene rings is 1. The number of alkyl halides is 6. The summed E-state index contributed by atoms with van der Waals surface area (Å²) >= 11 is 5.26. The van der Waals surface area contributed by atoms with E-state index in [0.717, 1.165) is 6.07 Å². The van der Waals surface area contributed by atoms with Gasteiger partial charge in [-0.25, -0.2) is 0 Å². The van der Waals surface area contributed by atoms with Gasteiger partial charge in [0.1, 0.15) is 0 Å². The van der Waals surface area contributed by atoms with Crippen molar-refractivity contribution in [1.82, 2.24) is 0 Å². The summed E-state index contributed by atoms with van der Waals surface area (Å²) in [5.74, 6) is 0. The standard InChI is InChI=1S/C9H4ClF6NO3/c10-4-1-2-6(17(19)20)5(3-4)7(18,8(11,12)13)9(14,15)16/h1-3,18H. The molecule has 0 amide bonds. The summed E-state index contributed by atoms with van der Waals surface area (Å²) in [5, 5.41) is 19.0. The maximum Gasteiger partial charge on any atom is 0.430 e. The van der Waals surface area contributed by atoms with E-state index in [1.165, 1.54) is 0 Å². The molecule has 1 N–H and O–H groups in total. The number of nitro groups is 1. The van der Waals surface area contributed by atoms with Crippen LogP contribution in [-0.4, -0.2) is 22.4 Å². The van der Waals surface area contributed by atoms with E-state index < -0.39 is 39.2 Å². The number of nitrogens with zero attached hydrogens (tertiary/aromatic N) is 1. The van der Waals surface area contributed by atoms with E-state index in [1.54, 1.807) is 0 Å². The Morgan fingerprint density at radius 3 is 1.90 bits per heavy atom. The van der Waals surface area contributed by atoms with Crippen LogP contribution in [-0.2, 0) is 5.60 Å².